The molecule has 0 amide bonds. The van der Waals surface area contributed by atoms with Gasteiger partial charge in [-0.3, -0.25) is 14.0 Å². The zero-order valence-corrected chi connectivity index (χ0v) is 19.1. The topological polar surface area (TPSA) is 91.0 Å². The van der Waals surface area contributed by atoms with Gasteiger partial charge in [0.1, 0.15) is 17.4 Å². The summed E-state index contributed by atoms with van der Waals surface area (Å²) < 4.78 is 49.7. The molecule has 0 N–H and O–H groups in total. The van der Waals surface area contributed by atoms with E-state index in [9.17, 15) is 18.0 Å². The first kappa shape index (κ1) is 21.5. The summed E-state index contributed by atoms with van der Waals surface area (Å²) >= 11 is 0. The molecule has 0 spiro atoms. The fourth-order valence-electron chi connectivity index (χ4n) is 5.73. The van der Waals surface area contributed by atoms with E-state index in [0.717, 1.165) is 5.56 Å². The van der Waals surface area contributed by atoms with E-state index in [-0.39, 0.29) is 36.4 Å². The second-order valence-corrected chi connectivity index (χ2v) is 9.93. The third-order valence-electron chi connectivity index (χ3n) is 7.72. The molecule has 1 aliphatic heterocycles. The summed E-state index contributed by atoms with van der Waals surface area (Å²) in [5.41, 5.74) is -0.853. The maximum atomic E-state index is 13.5. The Morgan fingerprint density at radius 2 is 1.85 bits per heavy atom. The third-order valence-corrected chi connectivity index (χ3v) is 7.72. The summed E-state index contributed by atoms with van der Waals surface area (Å²) in [4.78, 5) is 28.9. The molecular formula is C22H24F3N7O2. The van der Waals surface area contributed by atoms with Gasteiger partial charge in [-0.1, -0.05) is 0 Å². The number of fused-ring (bicyclic) bond motifs is 1. The first-order valence-corrected chi connectivity index (χ1v) is 11.2. The van der Waals surface area contributed by atoms with E-state index in [1.54, 1.807) is 24.9 Å². The number of ether oxygens (including phenoxy) is 1. The van der Waals surface area contributed by atoms with Crippen LogP contribution in [0.15, 0.2) is 17.2 Å². The van der Waals surface area contributed by atoms with Crippen LogP contribution in [0.25, 0.3) is 11.0 Å². The minimum atomic E-state index is -4.24. The van der Waals surface area contributed by atoms with Crippen molar-refractivity contribution in [3.63, 3.8) is 0 Å². The number of nitrogens with zero attached hydrogens (tertiary/aromatic N) is 7. The number of anilines is 1. The van der Waals surface area contributed by atoms with E-state index in [0.29, 0.717) is 42.7 Å². The summed E-state index contributed by atoms with van der Waals surface area (Å²) in [5, 5.41) is 4.20. The number of aromatic nitrogens is 6. The van der Waals surface area contributed by atoms with Crippen molar-refractivity contribution in [1.82, 2.24) is 29.3 Å². The number of morpholine rings is 1. The fraction of sp³-hybridized carbons (Fsp3) is 0.591. The van der Waals surface area contributed by atoms with E-state index < -0.39 is 17.0 Å². The smallest absolute Gasteiger partial charge is 0.370 e. The number of alkyl halides is 3. The summed E-state index contributed by atoms with van der Waals surface area (Å²) in [6, 6.07) is 0. The van der Waals surface area contributed by atoms with Crippen LogP contribution in [0.3, 0.4) is 0 Å². The van der Waals surface area contributed by atoms with Crippen molar-refractivity contribution in [1.29, 1.82) is 0 Å². The molecule has 3 aromatic rings. The lowest BCUT2D eigenvalue weighted by Gasteiger charge is -2.70. The molecule has 12 heteroatoms. The Morgan fingerprint density at radius 3 is 2.50 bits per heavy atom. The van der Waals surface area contributed by atoms with Crippen molar-refractivity contribution < 1.29 is 17.9 Å². The molecule has 1 atom stereocenters. The molecular weight excluding hydrogens is 451 g/mol. The van der Waals surface area contributed by atoms with Crippen molar-refractivity contribution in [3.05, 3.63) is 39.8 Å². The van der Waals surface area contributed by atoms with Gasteiger partial charge in [-0.25, -0.2) is 15.0 Å². The van der Waals surface area contributed by atoms with Crippen molar-refractivity contribution in [2.75, 3.05) is 24.6 Å². The number of hydrogen-bond acceptors (Lipinski definition) is 7. The Labute approximate surface area is 192 Å². The fourth-order valence-corrected chi connectivity index (χ4v) is 5.73. The first-order chi connectivity index (χ1) is 16.0. The maximum Gasteiger partial charge on any atom is 0.394 e. The van der Waals surface area contributed by atoms with Crippen molar-refractivity contribution in [2.45, 2.75) is 43.9 Å². The Balaban J connectivity index is 1.43. The van der Waals surface area contributed by atoms with Crippen molar-refractivity contribution >= 4 is 17.0 Å². The van der Waals surface area contributed by atoms with Crippen LogP contribution in [-0.2, 0) is 24.2 Å². The van der Waals surface area contributed by atoms with Crippen LogP contribution in [-0.4, -0.2) is 55.2 Å². The van der Waals surface area contributed by atoms with E-state index in [1.165, 1.54) is 4.57 Å². The molecule has 9 nitrogen and oxygen atoms in total. The molecule has 34 heavy (non-hydrogen) atoms. The van der Waals surface area contributed by atoms with E-state index >= 15 is 0 Å². The zero-order chi connectivity index (χ0) is 24.0. The van der Waals surface area contributed by atoms with Gasteiger partial charge in [0.05, 0.1) is 30.5 Å². The number of rotatable bonds is 3. The molecule has 3 saturated carbocycles. The highest BCUT2D eigenvalue weighted by Crippen LogP contribution is 2.78. The van der Waals surface area contributed by atoms with E-state index in [1.807, 2.05) is 18.1 Å². The number of halogens is 3. The average Bonchev–Trinajstić information content (AvgIpc) is 3.16. The second-order valence-electron chi connectivity index (χ2n) is 9.93. The number of aryl methyl sites for hydroxylation is 2. The molecule has 3 aromatic heterocycles. The molecule has 4 heterocycles. The largest absolute Gasteiger partial charge is 0.394 e. The summed E-state index contributed by atoms with van der Waals surface area (Å²) in [7, 11) is 3.43. The minimum Gasteiger partial charge on any atom is -0.370 e. The van der Waals surface area contributed by atoms with Crippen LogP contribution in [0.4, 0.5) is 19.1 Å². The molecule has 7 rings (SSSR count). The van der Waals surface area contributed by atoms with Gasteiger partial charge in [-0.05, 0) is 26.2 Å². The van der Waals surface area contributed by atoms with Crippen LogP contribution in [0.1, 0.15) is 42.4 Å². The Kier molecular flexibility index (Phi) is 4.28. The minimum absolute atomic E-state index is 0.0214. The Bertz CT molecular complexity index is 1360. The molecule has 2 bridgehead atoms. The maximum absolute atomic E-state index is 13.5. The predicted molar refractivity (Wildman–Crippen MR) is 115 cm³/mol. The van der Waals surface area contributed by atoms with E-state index in [4.69, 9.17) is 9.72 Å². The monoisotopic (exact) mass is 475 g/mol. The van der Waals surface area contributed by atoms with Gasteiger partial charge in [0.2, 0.25) is 5.95 Å². The van der Waals surface area contributed by atoms with Crippen LogP contribution >= 0.6 is 0 Å². The molecule has 4 fully saturated rings. The first-order valence-electron chi connectivity index (χ1n) is 11.2. The molecule has 0 radical (unpaired) electrons. The summed E-state index contributed by atoms with van der Waals surface area (Å²) in [6.07, 6.45) is -0.942. The molecule has 4 aliphatic rings. The highest BCUT2D eigenvalue weighted by Gasteiger charge is 2.79. The SMILES string of the molecule is Cc1nc2c(C34CC(C(F)(F)F)(C3)C4)nc(N3CCOC(c4cnn(C)c4)C3)nc2c(=O)n1C. The molecule has 1 unspecified atom stereocenters. The molecule has 180 valence electrons. The third kappa shape index (κ3) is 2.87. The van der Waals surface area contributed by atoms with Gasteiger partial charge < -0.3 is 9.64 Å². The summed E-state index contributed by atoms with van der Waals surface area (Å²) in [5.74, 6) is 0.795. The Morgan fingerprint density at radius 1 is 1.12 bits per heavy atom. The van der Waals surface area contributed by atoms with Crippen molar-refractivity contribution in [2.24, 2.45) is 19.5 Å². The normalized spacial score (nSPS) is 28.6. The van der Waals surface area contributed by atoms with Gasteiger partial charge in [-0.15, -0.1) is 0 Å². The van der Waals surface area contributed by atoms with Crippen LogP contribution < -0.4 is 10.5 Å². The molecule has 1 saturated heterocycles. The van der Waals surface area contributed by atoms with Gasteiger partial charge in [0.15, 0.2) is 5.52 Å². The second kappa shape index (κ2) is 6.77. The lowest BCUT2D eigenvalue weighted by atomic mass is 9.34. The van der Waals surface area contributed by atoms with E-state index in [2.05, 4.69) is 15.1 Å². The van der Waals surface area contributed by atoms with Crippen molar-refractivity contribution in [3.8, 4) is 0 Å². The van der Waals surface area contributed by atoms with Crippen LogP contribution in [0, 0.1) is 12.3 Å². The standard InChI is InChI=1S/C22H24F3N7O2/c1-12-27-15-16(18(33)31(12)3)28-19(29-17(15)20-9-21(10-20,11-20)22(23,24)25)32-4-5-34-14(8-32)13-6-26-30(2)7-13/h6-7,14H,4-5,8-11H2,1-3H3. The van der Waals surface area contributed by atoms with Crippen LogP contribution in [0.5, 0.6) is 0 Å². The zero-order valence-electron chi connectivity index (χ0n) is 19.1. The van der Waals surface area contributed by atoms with Gasteiger partial charge in [-0.2, -0.15) is 18.3 Å². The summed E-state index contributed by atoms with van der Waals surface area (Å²) in [6.45, 7) is 3.05. The van der Waals surface area contributed by atoms with Gasteiger partial charge >= 0.3 is 6.18 Å². The molecule has 3 aliphatic carbocycles. The highest BCUT2D eigenvalue weighted by molar-refractivity contribution is 5.79. The quantitative estimate of drug-likeness (QED) is 0.574. The predicted octanol–water partition coefficient (Wildman–Crippen LogP) is 2.33. The van der Waals surface area contributed by atoms with Gasteiger partial charge in [0.25, 0.3) is 5.56 Å². The van der Waals surface area contributed by atoms with Crippen LogP contribution in [0.2, 0.25) is 0 Å². The highest BCUT2D eigenvalue weighted by atomic mass is 19.4. The number of hydrogen-bond donors (Lipinski definition) is 0. The lowest BCUT2D eigenvalue weighted by molar-refractivity contribution is -0.337. The molecule has 0 aromatic carbocycles. The Hall–Kier alpha value is -3.02. The lowest BCUT2D eigenvalue weighted by Crippen LogP contribution is -2.70. The van der Waals surface area contributed by atoms with Gasteiger partial charge in [0, 0.05) is 37.8 Å². The average molecular weight is 475 g/mol.